The van der Waals surface area contributed by atoms with Crippen molar-refractivity contribution in [2.24, 2.45) is 0 Å². The van der Waals surface area contributed by atoms with Crippen molar-refractivity contribution < 1.29 is 5.11 Å². The summed E-state index contributed by atoms with van der Waals surface area (Å²) in [7, 11) is 0. The van der Waals surface area contributed by atoms with Crippen LogP contribution in [-0.4, -0.2) is 27.7 Å². The molecule has 1 atom stereocenters. The van der Waals surface area contributed by atoms with Crippen LogP contribution in [0.5, 0.6) is 0 Å². The highest BCUT2D eigenvalue weighted by Crippen LogP contribution is 2.15. The van der Waals surface area contributed by atoms with Gasteiger partial charge in [0.25, 0.3) is 0 Å². The highest BCUT2D eigenvalue weighted by Gasteiger charge is 2.10. The van der Waals surface area contributed by atoms with Gasteiger partial charge in [0.1, 0.15) is 11.6 Å². The highest BCUT2D eigenvalue weighted by molar-refractivity contribution is 5.46. The number of anilines is 1. The van der Waals surface area contributed by atoms with E-state index in [0.29, 0.717) is 0 Å². The first kappa shape index (κ1) is 11.9. The van der Waals surface area contributed by atoms with E-state index in [1.807, 2.05) is 27.7 Å². The van der Waals surface area contributed by atoms with Crippen LogP contribution < -0.4 is 5.32 Å². The minimum atomic E-state index is 0.0670. The van der Waals surface area contributed by atoms with Crippen molar-refractivity contribution in [1.29, 1.82) is 0 Å². The second kappa shape index (κ2) is 5.07. The zero-order valence-corrected chi connectivity index (χ0v) is 9.83. The average molecular weight is 209 g/mol. The first-order valence-electron chi connectivity index (χ1n) is 5.27. The van der Waals surface area contributed by atoms with Crippen LogP contribution in [0.3, 0.4) is 0 Å². The molecule has 4 nitrogen and oxygen atoms in total. The lowest BCUT2D eigenvalue weighted by molar-refractivity contribution is 0.271. The Morgan fingerprint density at radius 3 is 2.47 bits per heavy atom. The summed E-state index contributed by atoms with van der Waals surface area (Å²) in [5, 5.41) is 12.3. The standard InChI is InChI=1S/C11H19N3O/c1-5-10(6-15)14-11-7(2)8(3)12-9(4)13-11/h10,15H,5-6H2,1-4H3,(H,12,13,14)/t10-/m0/s1. The van der Waals surface area contributed by atoms with Gasteiger partial charge in [-0.25, -0.2) is 9.97 Å². The van der Waals surface area contributed by atoms with E-state index in [-0.39, 0.29) is 12.6 Å². The minimum Gasteiger partial charge on any atom is -0.394 e. The number of nitrogens with zero attached hydrogens (tertiary/aromatic N) is 2. The zero-order valence-electron chi connectivity index (χ0n) is 9.83. The van der Waals surface area contributed by atoms with Gasteiger partial charge in [-0.3, -0.25) is 0 Å². The lowest BCUT2D eigenvalue weighted by Crippen LogP contribution is -2.24. The molecule has 1 aromatic heterocycles. The number of aromatic nitrogens is 2. The van der Waals surface area contributed by atoms with E-state index in [1.165, 1.54) is 0 Å². The summed E-state index contributed by atoms with van der Waals surface area (Å²) in [4.78, 5) is 8.62. The number of hydrogen-bond donors (Lipinski definition) is 2. The van der Waals surface area contributed by atoms with E-state index in [4.69, 9.17) is 5.11 Å². The second-order valence-electron chi connectivity index (χ2n) is 3.76. The maximum absolute atomic E-state index is 9.11. The third-order valence-corrected chi connectivity index (χ3v) is 2.56. The van der Waals surface area contributed by atoms with Crippen molar-refractivity contribution in [2.75, 3.05) is 11.9 Å². The smallest absolute Gasteiger partial charge is 0.133 e. The SMILES string of the molecule is CC[C@@H](CO)Nc1nc(C)nc(C)c1C. The van der Waals surface area contributed by atoms with Crippen LogP contribution in [0.4, 0.5) is 5.82 Å². The topological polar surface area (TPSA) is 58.0 Å². The molecule has 0 unspecified atom stereocenters. The maximum Gasteiger partial charge on any atom is 0.133 e. The van der Waals surface area contributed by atoms with Gasteiger partial charge < -0.3 is 10.4 Å². The Kier molecular flexibility index (Phi) is 4.03. The number of hydrogen-bond acceptors (Lipinski definition) is 4. The normalized spacial score (nSPS) is 12.6. The van der Waals surface area contributed by atoms with Gasteiger partial charge in [0.2, 0.25) is 0 Å². The molecule has 0 aliphatic rings. The molecule has 0 bridgehead atoms. The first-order valence-corrected chi connectivity index (χ1v) is 5.27. The van der Waals surface area contributed by atoms with Crippen LogP contribution >= 0.6 is 0 Å². The molecule has 0 aliphatic heterocycles. The maximum atomic E-state index is 9.11. The van der Waals surface area contributed by atoms with Gasteiger partial charge in [0, 0.05) is 11.3 Å². The van der Waals surface area contributed by atoms with Gasteiger partial charge in [0.15, 0.2) is 0 Å². The third kappa shape index (κ3) is 2.89. The molecule has 15 heavy (non-hydrogen) atoms. The number of aliphatic hydroxyl groups is 1. The summed E-state index contributed by atoms with van der Waals surface area (Å²) in [6.07, 6.45) is 0.873. The van der Waals surface area contributed by atoms with Crippen LogP contribution in [0.25, 0.3) is 0 Å². The van der Waals surface area contributed by atoms with Gasteiger partial charge in [0.05, 0.1) is 12.6 Å². The fourth-order valence-electron chi connectivity index (χ4n) is 1.38. The van der Waals surface area contributed by atoms with Gasteiger partial charge in [-0.15, -0.1) is 0 Å². The Bertz CT molecular complexity index is 335. The molecule has 4 heteroatoms. The Morgan fingerprint density at radius 1 is 1.27 bits per heavy atom. The molecule has 0 fully saturated rings. The van der Waals surface area contributed by atoms with E-state index >= 15 is 0 Å². The van der Waals surface area contributed by atoms with Gasteiger partial charge >= 0.3 is 0 Å². The van der Waals surface area contributed by atoms with Gasteiger partial charge in [-0.1, -0.05) is 6.92 Å². The average Bonchev–Trinajstić information content (AvgIpc) is 2.21. The summed E-state index contributed by atoms with van der Waals surface area (Å²) in [6, 6.07) is 0.0670. The zero-order chi connectivity index (χ0) is 11.4. The molecule has 84 valence electrons. The largest absolute Gasteiger partial charge is 0.394 e. The quantitative estimate of drug-likeness (QED) is 0.790. The van der Waals surface area contributed by atoms with Gasteiger partial charge in [-0.2, -0.15) is 0 Å². The predicted molar refractivity (Wildman–Crippen MR) is 61.0 cm³/mol. The summed E-state index contributed by atoms with van der Waals surface area (Å²) < 4.78 is 0. The molecule has 0 aromatic carbocycles. The molecule has 0 spiro atoms. The molecular weight excluding hydrogens is 190 g/mol. The summed E-state index contributed by atoms with van der Waals surface area (Å²) >= 11 is 0. The van der Waals surface area contributed by atoms with E-state index < -0.39 is 0 Å². The van der Waals surface area contributed by atoms with E-state index in [1.54, 1.807) is 0 Å². The predicted octanol–water partition coefficient (Wildman–Crippen LogP) is 1.58. The first-order chi connectivity index (χ1) is 7.08. The fourth-order valence-corrected chi connectivity index (χ4v) is 1.38. The van der Waals surface area contributed by atoms with Crippen molar-refractivity contribution >= 4 is 5.82 Å². The molecule has 0 saturated heterocycles. The highest BCUT2D eigenvalue weighted by atomic mass is 16.3. The van der Waals surface area contributed by atoms with Crippen LogP contribution in [0.1, 0.15) is 30.4 Å². The molecular formula is C11H19N3O. The monoisotopic (exact) mass is 209 g/mol. The molecule has 0 radical (unpaired) electrons. The lowest BCUT2D eigenvalue weighted by Gasteiger charge is -2.17. The number of rotatable bonds is 4. The van der Waals surface area contributed by atoms with Crippen molar-refractivity contribution in [3.05, 3.63) is 17.1 Å². The molecule has 1 rings (SSSR count). The Morgan fingerprint density at radius 2 is 1.93 bits per heavy atom. The Labute approximate surface area is 90.8 Å². The fraction of sp³-hybridized carbons (Fsp3) is 0.636. The Hall–Kier alpha value is -1.16. The van der Waals surface area contributed by atoms with E-state index in [2.05, 4.69) is 15.3 Å². The lowest BCUT2D eigenvalue weighted by atomic mass is 10.2. The molecule has 2 N–H and O–H groups in total. The van der Waals surface area contributed by atoms with E-state index in [0.717, 1.165) is 29.3 Å². The van der Waals surface area contributed by atoms with Crippen molar-refractivity contribution in [3.8, 4) is 0 Å². The molecule has 0 aliphatic carbocycles. The third-order valence-electron chi connectivity index (χ3n) is 2.56. The van der Waals surface area contributed by atoms with Crippen molar-refractivity contribution in [3.63, 3.8) is 0 Å². The molecule has 1 aromatic rings. The van der Waals surface area contributed by atoms with Crippen LogP contribution in [0.2, 0.25) is 0 Å². The van der Waals surface area contributed by atoms with Crippen LogP contribution in [0.15, 0.2) is 0 Å². The van der Waals surface area contributed by atoms with Crippen LogP contribution in [0, 0.1) is 20.8 Å². The van der Waals surface area contributed by atoms with Crippen LogP contribution in [-0.2, 0) is 0 Å². The summed E-state index contributed by atoms with van der Waals surface area (Å²) in [5.41, 5.74) is 2.03. The second-order valence-corrected chi connectivity index (χ2v) is 3.76. The minimum absolute atomic E-state index is 0.0670. The number of aryl methyl sites for hydroxylation is 2. The summed E-state index contributed by atoms with van der Waals surface area (Å²) in [5.74, 6) is 1.59. The molecule has 0 saturated carbocycles. The molecule has 0 amide bonds. The van der Waals surface area contributed by atoms with E-state index in [9.17, 15) is 0 Å². The Balaban J connectivity index is 2.93. The number of aliphatic hydroxyl groups excluding tert-OH is 1. The van der Waals surface area contributed by atoms with Gasteiger partial charge in [-0.05, 0) is 27.2 Å². The molecule has 1 heterocycles. The van der Waals surface area contributed by atoms with Crippen molar-refractivity contribution in [2.45, 2.75) is 40.2 Å². The summed E-state index contributed by atoms with van der Waals surface area (Å²) in [6.45, 7) is 7.98. The van der Waals surface area contributed by atoms with Crippen molar-refractivity contribution in [1.82, 2.24) is 9.97 Å². The number of nitrogens with one attached hydrogen (secondary N) is 1.